The zero-order valence-electron chi connectivity index (χ0n) is 60.3. The molecule has 554 valence electrons. The first-order valence-corrected chi connectivity index (χ1v) is 40.5. The Morgan fingerprint density at radius 1 is 0.302 bits per heavy atom. The van der Waals surface area contributed by atoms with E-state index in [-0.39, 0.29) is 25.7 Å². The molecule has 0 fully saturated rings. The van der Waals surface area contributed by atoms with Crippen LogP contribution in [-0.2, 0) is 65.4 Å². The third-order valence-corrected chi connectivity index (χ3v) is 17.4. The standard InChI is InChI=1S/C77H134O17P2/c1-5-9-13-17-21-25-29-33-35-39-41-45-49-53-57-61-74(79)87-67-72(93-76(81)63-59-55-51-47-43-37-31-27-23-19-15-11-7-3)69-91-95(83,84)89-65-71(78)66-90-96(85,86)92-70-73(94-77(82)64-60-56-52-48-44-38-32-28-24-20-16-12-8-4)68-88-75(80)62-58-54-50-46-42-40-36-34-30-26-22-18-14-10-6-2/h9-10,13-14,21-22,25-27,31,33-36,42,46,71-73,78H,5-8,11-12,15-20,23-24,28-30,32,37-41,43-45,47-70H2,1-4H3,(H,83,84)(H,85,86)/b13-9-,14-10-,25-21-,26-22-,31-27-,35-33-,36-34-,46-42-. The molecular weight excluding hydrogens is 1260 g/mol. The van der Waals surface area contributed by atoms with E-state index < -0.39 is 97.5 Å². The van der Waals surface area contributed by atoms with Crippen LogP contribution in [0.15, 0.2) is 97.2 Å². The number of allylic oxidation sites excluding steroid dienone is 16. The highest BCUT2D eigenvalue weighted by molar-refractivity contribution is 7.47. The van der Waals surface area contributed by atoms with Crippen molar-refractivity contribution in [3.63, 3.8) is 0 Å². The smallest absolute Gasteiger partial charge is 0.462 e. The summed E-state index contributed by atoms with van der Waals surface area (Å²) in [4.78, 5) is 72.7. The Balaban J connectivity index is 5.37. The van der Waals surface area contributed by atoms with Gasteiger partial charge in [0, 0.05) is 25.7 Å². The van der Waals surface area contributed by atoms with Gasteiger partial charge >= 0.3 is 39.5 Å². The summed E-state index contributed by atoms with van der Waals surface area (Å²) in [6.45, 7) is 4.57. The largest absolute Gasteiger partial charge is 0.472 e. The molecule has 0 aliphatic carbocycles. The predicted molar refractivity (Wildman–Crippen MR) is 390 cm³/mol. The molecule has 19 heteroatoms. The second-order valence-corrected chi connectivity index (χ2v) is 27.7. The van der Waals surface area contributed by atoms with Gasteiger partial charge in [-0.15, -0.1) is 0 Å². The zero-order valence-corrected chi connectivity index (χ0v) is 62.1. The Morgan fingerprint density at radius 2 is 0.542 bits per heavy atom. The van der Waals surface area contributed by atoms with Crippen molar-refractivity contribution < 1.29 is 80.2 Å². The van der Waals surface area contributed by atoms with Crippen LogP contribution in [0, 0.1) is 0 Å². The van der Waals surface area contributed by atoms with Crippen LogP contribution in [0.5, 0.6) is 0 Å². The molecule has 0 aliphatic heterocycles. The summed E-state index contributed by atoms with van der Waals surface area (Å²) < 4.78 is 68.4. The van der Waals surface area contributed by atoms with Gasteiger partial charge in [-0.25, -0.2) is 9.13 Å². The number of phosphoric acid groups is 2. The molecule has 0 aromatic rings. The van der Waals surface area contributed by atoms with Crippen LogP contribution in [0.25, 0.3) is 0 Å². The minimum absolute atomic E-state index is 0.0806. The van der Waals surface area contributed by atoms with E-state index in [4.69, 9.17) is 37.0 Å². The number of hydrogen-bond donors (Lipinski definition) is 3. The van der Waals surface area contributed by atoms with Crippen LogP contribution in [0.3, 0.4) is 0 Å². The van der Waals surface area contributed by atoms with Crippen LogP contribution < -0.4 is 0 Å². The molecule has 0 bridgehead atoms. The van der Waals surface area contributed by atoms with E-state index in [1.165, 1.54) is 77.0 Å². The van der Waals surface area contributed by atoms with Crippen molar-refractivity contribution in [2.45, 2.75) is 329 Å². The third kappa shape index (κ3) is 68.5. The topological polar surface area (TPSA) is 237 Å². The summed E-state index contributed by atoms with van der Waals surface area (Å²) in [5.74, 6) is -2.24. The maximum absolute atomic E-state index is 13.1. The second kappa shape index (κ2) is 69.5. The van der Waals surface area contributed by atoms with Gasteiger partial charge in [-0.3, -0.25) is 37.3 Å². The Labute approximate surface area is 582 Å². The fourth-order valence-electron chi connectivity index (χ4n) is 9.87. The van der Waals surface area contributed by atoms with Crippen LogP contribution in [-0.4, -0.2) is 96.7 Å². The molecule has 0 aromatic heterocycles. The molecule has 0 saturated carbocycles. The van der Waals surface area contributed by atoms with E-state index in [1.807, 2.05) is 0 Å². The Hall–Kier alpha value is -4.02. The van der Waals surface area contributed by atoms with Crippen molar-refractivity contribution in [2.24, 2.45) is 0 Å². The first-order chi connectivity index (χ1) is 46.7. The first-order valence-electron chi connectivity index (χ1n) is 37.5. The number of esters is 4. The number of aliphatic hydroxyl groups is 1. The molecule has 0 heterocycles. The highest BCUT2D eigenvalue weighted by Gasteiger charge is 2.30. The maximum Gasteiger partial charge on any atom is 0.472 e. The van der Waals surface area contributed by atoms with E-state index in [1.54, 1.807) is 0 Å². The summed E-state index contributed by atoms with van der Waals surface area (Å²) in [6.07, 6.45) is 71.2. The van der Waals surface area contributed by atoms with E-state index in [2.05, 4.69) is 125 Å². The number of carbonyl (C=O) groups is 4. The van der Waals surface area contributed by atoms with Gasteiger partial charge in [-0.1, -0.05) is 260 Å². The highest BCUT2D eigenvalue weighted by Crippen LogP contribution is 2.45. The van der Waals surface area contributed by atoms with Gasteiger partial charge in [0.1, 0.15) is 19.3 Å². The summed E-state index contributed by atoms with van der Waals surface area (Å²) in [7, 11) is -9.96. The van der Waals surface area contributed by atoms with Crippen LogP contribution >= 0.6 is 15.6 Å². The molecule has 5 atom stereocenters. The minimum atomic E-state index is -4.98. The Morgan fingerprint density at radius 3 is 0.875 bits per heavy atom. The lowest BCUT2D eigenvalue weighted by atomic mass is 10.0. The van der Waals surface area contributed by atoms with E-state index in [9.17, 15) is 43.2 Å². The lowest BCUT2D eigenvalue weighted by Gasteiger charge is -2.21. The number of ether oxygens (including phenoxy) is 4. The zero-order chi connectivity index (χ0) is 70.4. The summed E-state index contributed by atoms with van der Waals surface area (Å²) in [5, 5.41) is 10.6. The van der Waals surface area contributed by atoms with Crippen molar-refractivity contribution in [3.05, 3.63) is 97.2 Å². The van der Waals surface area contributed by atoms with Gasteiger partial charge in [-0.2, -0.15) is 0 Å². The van der Waals surface area contributed by atoms with Crippen molar-refractivity contribution in [2.75, 3.05) is 39.6 Å². The van der Waals surface area contributed by atoms with Gasteiger partial charge in [0.15, 0.2) is 12.2 Å². The van der Waals surface area contributed by atoms with E-state index in [0.29, 0.717) is 25.7 Å². The second-order valence-electron chi connectivity index (χ2n) is 24.8. The molecule has 0 amide bonds. The van der Waals surface area contributed by atoms with Crippen molar-refractivity contribution in [3.8, 4) is 0 Å². The predicted octanol–water partition coefficient (Wildman–Crippen LogP) is 21.2. The number of unbranched alkanes of at least 4 members (excludes halogenated alkanes) is 28. The molecule has 0 radical (unpaired) electrons. The van der Waals surface area contributed by atoms with E-state index >= 15 is 0 Å². The van der Waals surface area contributed by atoms with Gasteiger partial charge in [0.05, 0.1) is 26.4 Å². The molecule has 3 N–H and O–H groups in total. The fraction of sp³-hybridized carbons (Fsp3) is 0.740. The average molecular weight is 1390 g/mol. The van der Waals surface area contributed by atoms with Crippen molar-refractivity contribution >= 4 is 39.5 Å². The van der Waals surface area contributed by atoms with Gasteiger partial charge in [0.25, 0.3) is 0 Å². The molecule has 96 heavy (non-hydrogen) atoms. The molecule has 0 aliphatic rings. The first kappa shape index (κ1) is 92.0. The summed E-state index contributed by atoms with van der Waals surface area (Å²) >= 11 is 0. The number of rotatable bonds is 70. The van der Waals surface area contributed by atoms with Gasteiger partial charge in [0.2, 0.25) is 0 Å². The molecular formula is C77H134O17P2. The highest BCUT2D eigenvalue weighted by atomic mass is 31.2. The number of phosphoric ester groups is 2. The molecule has 0 rings (SSSR count). The molecule has 0 saturated heterocycles. The molecule has 0 spiro atoms. The number of carbonyl (C=O) groups excluding carboxylic acids is 4. The molecule has 5 unspecified atom stereocenters. The number of aliphatic hydroxyl groups excluding tert-OH is 1. The van der Waals surface area contributed by atoms with Gasteiger partial charge < -0.3 is 33.8 Å². The molecule has 0 aromatic carbocycles. The normalized spacial score (nSPS) is 14.5. The summed E-state index contributed by atoms with van der Waals surface area (Å²) in [6, 6.07) is 0. The monoisotopic (exact) mass is 1390 g/mol. The van der Waals surface area contributed by atoms with Crippen LogP contribution in [0.1, 0.15) is 310 Å². The minimum Gasteiger partial charge on any atom is -0.462 e. The SMILES string of the molecule is CC/C=C\C/C=C\C/C=C\C/C=C\CCCCC(=O)OCC(COP(=O)(O)OCC(O)COP(=O)(O)OCC(COC(=O)CCCCCCC/C=C\C/C=C\C/C=C\CC)OC(=O)CCCCCCC/C=C\CCCCCC)OC(=O)CCCCCCCCCCCCCCC. The maximum atomic E-state index is 13.1. The third-order valence-electron chi connectivity index (χ3n) is 15.5. The lowest BCUT2D eigenvalue weighted by molar-refractivity contribution is -0.161. The average Bonchev–Trinajstić information content (AvgIpc) is 1.14. The Kier molecular flexibility index (Phi) is 66.6. The quantitative estimate of drug-likeness (QED) is 0.0169. The van der Waals surface area contributed by atoms with Crippen LogP contribution in [0.4, 0.5) is 0 Å². The summed E-state index contributed by atoms with van der Waals surface area (Å²) in [5.41, 5.74) is 0. The molecule has 17 nitrogen and oxygen atoms in total. The van der Waals surface area contributed by atoms with Crippen molar-refractivity contribution in [1.29, 1.82) is 0 Å². The van der Waals surface area contributed by atoms with E-state index in [0.717, 1.165) is 154 Å². The fourth-order valence-corrected chi connectivity index (χ4v) is 11.4. The van der Waals surface area contributed by atoms with Gasteiger partial charge in [-0.05, 0) is 122 Å². The Bertz CT molecular complexity index is 2200. The lowest BCUT2D eigenvalue weighted by Crippen LogP contribution is -2.30. The number of hydrogen-bond acceptors (Lipinski definition) is 15. The van der Waals surface area contributed by atoms with Crippen molar-refractivity contribution in [1.82, 2.24) is 0 Å². The van der Waals surface area contributed by atoms with Crippen LogP contribution in [0.2, 0.25) is 0 Å².